The zero-order valence-electron chi connectivity index (χ0n) is 11.8. The van der Waals surface area contributed by atoms with Crippen LogP contribution in [0.1, 0.15) is 37.8 Å². The first kappa shape index (κ1) is 12.9. The molecule has 1 aliphatic carbocycles. The van der Waals surface area contributed by atoms with Gasteiger partial charge >= 0.3 is 0 Å². The molecule has 0 aromatic carbocycles. The Kier molecular flexibility index (Phi) is 3.30. The summed E-state index contributed by atoms with van der Waals surface area (Å²) in [5.41, 5.74) is 1.06. The Morgan fingerprint density at radius 1 is 1.35 bits per heavy atom. The Morgan fingerprint density at radius 3 is 2.90 bits per heavy atom. The van der Waals surface area contributed by atoms with E-state index >= 15 is 0 Å². The summed E-state index contributed by atoms with van der Waals surface area (Å²) in [6.45, 7) is 2.30. The van der Waals surface area contributed by atoms with Crippen LogP contribution in [0.15, 0.2) is 23.0 Å². The minimum atomic E-state index is -0.127. The summed E-state index contributed by atoms with van der Waals surface area (Å²) in [5.74, 6) is 2.74. The summed E-state index contributed by atoms with van der Waals surface area (Å²) in [4.78, 5) is 11.3. The molecule has 20 heavy (non-hydrogen) atoms. The number of aryl methyl sites for hydroxylation is 1. The normalized spacial score (nSPS) is 22.1. The lowest BCUT2D eigenvalue weighted by molar-refractivity contribution is 0.591. The average Bonchev–Trinajstić information content (AvgIpc) is 3.03. The molecule has 0 spiro atoms. The highest BCUT2D eigenvalue weighted by Gasteiger charge is 2.24. The van der Waals surface area contributed by atoms with Gasteiger partial charge in [0, 0.05) is 30.8 Å². The van der Waals surface area contributed by atoms with Gasteiger partial charge in [-0.2, -0.15) is 10.2 Å². The maximum atomic E-state index is 11.3. The Labute approximate surface area is 117 Å². The maximum absolute atomic E-state index is 11.3. The van der Waals surface area contributed by atoms with Gasteiger partial charge in [0.25, 0.3) is 5.56 Å². The van der Waals surface area contributed by atoms with Crippen molar-refractivity contribution in [3.8, 4) is 0 Å². The first-order valence-electron chi connectivity index (χ1n) is 6.98. The molecule has 0 bridgehead atoms. The monoisotopic (exact) mass is 273 g/mol. The second kappa shape index (κ2) is 5.11. The van der Waals surface area contributed by atoms with Crippen LogP contribution in [-0.2, 0) is 7.05 Å². The third-order valence-electron chi connectivity index (χ3n) is 3.95. The molecule has 3 rings (SSSR count). The van der Waals surface area contributed by atoms with Gasteiger partial charge in [-0.3, -0.25) is 9.89 Å². The second-order valence-corrected chi connectivity index (χ2v) is 5.63. The van der Waals surface area contributed by atoms with Crippen molar-refractivity contribution in [3.63, 3.8) is 0 Å². The van der Waals surface area contributed by atoms with Crippen LogP contribution in [0, 0.1) is 5.92 Å². The van der Waals surface area contributed by atoms with E-state index in [-0.39, 0.29) is 5.56 Å². The molecule has 106 valence electrons. The minimum absolute atomic E-state index is 0.127. The van der Waals surface area contributed by atoms with E-state index in [9.17, 15) is 4.79 Å². The fraction of sp³-hybridized carbons (Fsp3) is 0.500. The van der Waals surface area contributed by atoms with Crippen LogP contribution >= 0.6 is 0 Å². The number of hydrogen-bond acceptors (Lipinski definition) is 4. The van der Waals surface area contributed by atoms with Crippen LogP contribution in [0.4, 0.5) is 11.6 Å². The molecular weight excluding hydrogens is 254 g/mol. The van der Waals surface area contributed by atoms with Crippen LogP contribution in [-0.4, -0.2) is 20.0 Å². The highest BCUT2D eigenvalue weighted by Crippen LogP contribution is 2.37. The topological polar surface area (TPSA) is 75.6 Å². The smallest absolute Gasteiger partial charge is 0.266 e. The number of aromatic amines is 1. The molecule has 0 aliphatic heterocycles. The van der Waals surface area contributed by atoms with E-state index in [1.165, 1.54) is 35.7 Å². The van der Waals surface area contributed by atoms with E-state index in [1.807, 2.05) is 6.07 Å². The molecule has 0 saturated heterocycles. The average molecular weight is 273 g/mol. The van der Waals surface area contributed by atoms with Gasteiger partial charge in [0.15, 0.2) is 11.6 Å². The quantitative estimate of drug-likeness (QED) is 0.898. The summed E-state index contributed by atoms with van der Waals surface area (Å²) in [7, 11) is 1.63. The number of nitrogens with one attached hydrogen (secondary N) is 2. The van der Waals surface area contributed by atoms with Gasteiger partial charge in [0.1, 0.15) is 0 Å². The highest BCUT2D eigenvalue weighted by molar-refractivity contribution is 5.51. The molecule has 6 nitrogen and oxygen atoms in total. The van der Waals surface area contributed by atoms with Gasteiger partial charge in [-0.15, -0.1) is 0 Å². The number of aromatic nitrogens is 4. The predicted octanol–water partition coefficient (Wildman–Crippen LogP) is 2.15. The third kappa shape index (κ3) is 2.59. The first-order valence-corrected chi connectivity index (χ1v) is 6.98. The summed E-state index contributed by atoms with van der Waals surface area (Å²) < 4.78 is 1.30. The second-order valence-electron chi connectivity index (χ2n) is 5.63. The van der Waals surface area contributed by atoms with Crippen molar-refractivity contribution in [3.05, 3.63) is 34.2 Å². The number of hydrogen-bond donors (Lipinski definition) is 2. The molecule has 2 atom stereocenters. The van der Waals surface area contributed by atoms with Gasteiger partial charge in [-0.1, -0.05) is 13.3 Å². The molecule has 1 aliphatic rings. The molecule has 2 aromatic heterocycles. The molecule has 2 N–H and O–H groups in total. The van der Waals surface area contributed by atoms with Crippen molar-refractivity contribution in [2.24, 2.45) is 13.0 Å². The predicted molar refractivity (Wildman–Crippen MR) is 77.1 cm³/mol. The van der Waals surface area contributed by atoms with Crippen molar-refractivity contribution in [2.75, 3.05) is 5.32 Å². The Bertz CT molecular complexity index is 660. The van der Waals surface area contributed by atoms with Gasteiger partial charge in [0.05, 0.1) is 0 Å². The number of anilines is 2. The summed E-state index contributed by atoms with van der Waals surface area (Å²) in [6, 6.07) is 5.19. The summed E-state index contributed by atoms with van der Waals surface area (Å²) in [5, 5.41) is 14.6. The van der Waals surface area contributed by atoms with Crippen molar-refractivity contribution >= 4 is 11.6 Å². The molecule has 0 amide bonds. The summed E-state index contributed by atoms with van der Waals surface area (Å²) >= 11 is 0. The van der Waals surface area contributed by atoms with Crippen LogP contribution in [0.5, 0.6) is 0 Å². The van der Waals surface area contributed by atoms with Gasteiger partial charge in [0.2, 0.25) is 0 Å². The van der Waals surface area contributed by atoms with E-state index < -0.39 is 0 Å². The van der Waals surface area contributed by atoms with Crippen molar-refractivity contribution in [2.45, 2.75) is 32.1 Å². The van der Waals surface area contributed by atoms with E-state index in [0.717, 1.165) is 11.7 Å². The number of nitrogens with zero attached hydrogens (tertiary/aromatic N) is 3. The molecule has 2 aromatic rings. The van der Waals surface area contributed by atoms with Crippen molar-refractivity contribution < 1.29 is 0 Å². The first-order chi connectivity index (χ1) is 9.61. The molecule has 1 saturated carbocycles. The SMILES string of the molecule is CC1CCC(c2cc(Nc3ccc(=O)n(C)n3)n[nH]2)C1. The lowest BCUT2D eigenvalue weighted by Gasteiger charge is -2.05. The van der Waals surface area contributed by atoms with Gasteiger partial charge in [-0.25, -0.2) is 4.68 Å². The molecule has 6 heteroatoms. The van der Waals surface area contributed by atoms with E-state index in [0.29, 0.717) is 11.7 Å². The van der Waals surface area contributed by atoms with E-state index in [2.05, 4.69) is 27.5 Å². The van der Waals surface area contributed by atoms with Crippen LogP contribution in [0.2, 0.25) is 0 Å². The maximum Gasteiger partial charge on any atom is 0.266 e. The summed E-state index contributed by atoms with van der Waals surface area (Å²) in [6.07, 6.45) is 3.73. The Balaban J connectivity index is 1.73. The largest absolute Gasteiger partial charge is 0.322 e. The third-order valence-corrected chi connectivity index (χ3v) is 3.95. The zero-order chi connectivity index (χ0) is 14.1. The standard InChI is InChI=1S/C14H19N5O/c1-9-3-4-10(7-9)11-8-13(17-16-11)15-12-5-6-14(20)19(2)18-12/h5-6,8-10H,3-4,7H2,1-2H3,(H2,15,16,17,18). The number of H-pyrrole nitrogens is 1. The van der Waals surface area contributed by atoms with Crippen molar-refractivity contribution in [1.29, 1.82) is 0 Å². The van der Waals surface area contributed by atoms with Crippen LogP contribution in [0.25, 0.3) is 0 Å². The van der Waals surface area contributed by atoms with Gasteiger partial charge < -0.3 is 5.32 Å². The fourth-order valence-electron chi connectivity index (χ4n) is 2.80. The molecule has 2 unspecified atom stereocenters. The van der Waals surface area contributed by atoms with Gasteiger partial charge in [-0.05, 0) is 24.8 Å². The lowest BCUT2D eigenvalue weighted by Crippen LogP contribution is -2.18. The highest BCUT2D eigenvalue weighted by atomic mass is 16.1. The fourth-order valence-corrected chi connectivity index (χ4v) is 2.80. The molecule has 1 fully saturated rings. The zero-order valence-corrected chi connectivity index (χ0v) is 11.8. The molecular formula is C14H19N5O. The van der Waals surface area contributed by atoms with Crippen LogP contribution < -0.4 is 10.9 Å². The van der Waals surface area contributed by atoms with Crippen molar-refractivity contribution in [1.82, 2.24) is 20.0 Å². The Hall–Kier alpha value is -2.11. The Morgan fingerprint density at radius 2 is 2.20 bits per heavy atom. The number of rotatable bonds is 3. The van der Waals surface area contributed by atoms with Crippen LogP contribution in [0.3, 0.4) is 0 Å². The molecule has 2 heterocycles. The lowest BCUT2D eigenvalue weighted by atomic mass is 10.0. The molecule has 0 radical (unpaired) electrons. The van der Waals surface area contributed by atoms with E-state index in [1.54, 1.807) is 13.1 Å². The van der Waals surface area contributed by atoms with E-state index in [4.69, 9.17) is 0 Å². The minimum Gasteiger partial charge on any atom is -0.322 e.